The fraction of sp³-hybridized carbons (Fsp3) is 0.579. The number of furan rings is 1. The van der Waals surface area contributed by atoms with Crippen molar-refractivity contribution in [1.82, 2.24) is 5.32 Å². The molecule has 1 aliphatic carbocycles. The molecule has 1 aromatic heterocycles. The lowest BCUT2D eigenvalue weighted by Gasteiger charge is -2.20. The first kappa shape index (κ1) is 14.6. The van der Waals surface area contributed by atoms with Gasteiger partial charge in [-0.25, -0.2) is 0 Å². The smallest absolute Gasteiger partial charge is 0.138 e. The van der Waals surface area contributed by atoms with Gasteiger partial charge in [0.2, 0.25) is 0 Å². The molecule has 0 saturated heterocycles. The Balaban J connectivity index is 2.30. The van der Waals surface area contributed by atoms with Crippen LogP contribution >= 0.6 is 0 Å². The van der Waals surface area contributed by atoms with Gasteiger partial charge in [0, 0.05) is 16.5 Å². The summed E-state index contributed by atoms with van der Waals surface area (Å²) in [7, 11) is 1.99. The van der Waals surface area contributed by atoms with Crippen molar-refractivity contribution < 1.29 is 4.42 Å². The first-order valence-corrected chi connectivity index (χ1v) is 8.19. The average Bonchev–Trinajstić information content (AvgIpc) is 3.18. The van der Waals surface area contributed by atoms with Crippen LogP contribution < -0.4 is 5.32 Å². The van der Waals surface area contributed by atoms with Crippen molar-refractivity contribution in [2.45, 2.75) is 64.8 Å². The highest BCUT2D eigenvalue weighted by atomic mass is 16.3. The van der Waals surface area contributed by atoms with Crippen LogP contribution in [0.1, 0.15) is 68.9 Å². The minimum Gasteiger partial charge on any atom is -0.459 e. The number of hydrogen-bond donors (Lipinski definition) is 1. The summed E-state index contributed by atoms with van der Waals surface area (Å²) in [4.78, 5) is 0. The summed E-state index contributed by atoms with van der Waals surface area (Å²) in [5.41, 5.74) is 5.47. The Morgan fingerprint density at radius 2 is 1.95 bits per heavy atom. The molecular weight excluding hydrogens is 258 g/mol. The van der Waals surface area contributed by atoms with E-state index in [4.69, 9.17) is 4.42 Å². The van der Waals surface area contributed by atoms with Crippen molar-refractivity contribution in [2.24, 2.45) is 0 Å². The van der Waals surface area contributed by atoms with Crippen molar-refractivity contribution >= 4 is 11.0 Å². The fourth-order valence-electron chi connectivity index (χ4n) is 3.20. The molecule has 1 N–H and O–H groups in total. The molecule has 114 valence electrons. The van der Waals surface area contributed by atoms with Crippen LogP contribution in [0.3, 0.4) is 0 Å². The number of aryl methyl sites for hydroxylation is 1. The molecule has 0 spiro atoms. The number of benzene rings is 1. The molecule has 1 saturated carbocycles. The van der Waals surface area contributed by atoms with Crippen LogP contribution in [-0.2, 0) is 18.4 Å². The van der Waals surface area contributed by atoms with E-state index in [1.807, 2.05) is 7.05 Å². The van der Waals surface area contributed by atoms with E-state index < -0.39 is 0 Å². The lowest BCUT2D eigenvalue weighted by molar-refractivity contribution is 0.507. The van der Waals surface area contributed by atoms with Gasteiger partial charge < -0.3 is 9.73 Å². The standard InChI is InChI=1S/C19H27NO/c1-6-12-9-14-17(13-7-8-13)16(11-20-5)21-18(14)15(10-12)19(2,3)4/h9-10,13,20H,6-8,11H2,1-5H3. The maximum absolute atomic E-state index is 6.34. The van der Waals surface area contributed by atoms with Gasteiger partial charge in [0.1, 0.15) is 11.3 Å². The van der Waals surface area contributed by atoms with Crippen LogP contribution in [0.2, 0.25) is 0 Å². The first-order chi connectivity index (χ1) is 9.95. The van der Waals surface area contributed by atoms with Gasteiger partial charge >= 0.3 is 0 Å². The molecule has 1 fully saturated rings. The topological polar surface area (TPSA) is 25.2 Å². The molecule has 1 heterocycles. The Bertz CT molecular complexity index is 656. The molecule has 2 nitrogen and oxygen atoms in total. The number of rotatable bonds is 4. The van der Waals surface area contributed by atoms with Gasteiger partial charge in [0.25, 0.3) is 0 Å². The zero-order valence-corrected chi connectivity index (χ0v) is 14.0. The maximum atomic E-state index is 6.34. The third-order valence-electron chi connectivity index (χ3n) is 4.50. The van der Waals surface area contributed by atoms with E-state index in [2.05, 4.69) is 45.1 Å². The molecule has 0 aliphatic heterocycles. The summed E-state index contributed by atoms with van der Waals surface area (Å²) in [6.07, 6.45) is 3.70. The second-order valence-electron chi connectivity index (χ2n) is 7.37. The summed E-state index contributed by atoms with van der Waals surface area (Å²) >= 11 is 0. The minimum absolute atomic E-state index is 0.110. The second-order valence-corrected chi connectivity index (χ2v) is 7.37. The van der Waals surface area contributed by atoms with Crippen molar-refractivity contribution in [3.8, 4) is 0 Å². The van der Waals surface area contributed by atoms with Crippen molar-refractivity contribution in [1.29, 1.82) is 0 Å². The molecular formula is C19H27NO. The van der Waals surface area contributed by atoms with Crippen LogP contribution in [0, 0.1) is 0 Å². The molecule has 1 aromatic carbocycles. The third-order valence-corrected chi connectivity index (χ3v) is 4.50. The van der Waals surface area contributed by atoms with Gasteiger partial charge in [-0.15, -0.1) is 0 Å². The highest BCUT2D eigenvalue weighted by molar-refractivity contribution is 5.87. The molecule has 0 atom stereocenters. The average molecular weight is 285 g/mol. The summed E-state index contributed by atoms with van der Waals surface area (Å²) in [5, 5.41) is 4.63. The van der Waals surface area contributed by atoms with E-state index in [1.54, 1.807) is 0 Å². The van der Waals surface area contributed by atoms with Crippen LogP contribution in [0.15, 0.2) is 16.5 Å². The van der Waals surface area contributed by atoms with E-state index in [1.165, 1.54) is 34.9 Å². The first-order valence-electron chi connectivity index (χ1n) is 8.19. The maximum Gasteiger partial charge on any atom is 0.138 e. The molecule has 1 aliphatic rings. The lowest BCUT2D eigenvalue weighted by Crippen LogP contribution is -2.12. The van der Waals surface area contributed by atoms with E-state index in [0.717, 1.165) is 30.2 Å². The molecule has 0 amide bonds. The molecule has 0 radical (unpaired) electrons. The Morgan fingerprint density at radius 1 is 1.24 bits per heavy atom. The van der Waals surface area contributed by atoms with Gasteiger partial charge in [-0.1, -0.05) is 33.8 Å². The predicted molar refractivity (Wildman–Crippen MR) is 89.0 cm³/mol. The van der Waals surface area contributed by atoms with Gasteiger partial charge in [0.15, 0.2) is 0 Å². The van der Waals surface area contributed by atoms with Crippen molar-refractivity contribution in [3.05, 3.63) is 34.6 Å². The van der Waals surface area contributed by atoms with Crippen molar-refractivity contribution in [3.63, 3.8) is 0 Å². The van der Waals surface area contributed by atoms with E-state index in [-0.39, 0.29) is 5.41 Å². The summed E-state index contributed by atoms with van der Waals surface area (Å²) in [6, 6.07) is 4.70. The Kier molecular flexibility index (Phi) is 3.61. The van der Waals surface area contributed by atoms with E-state index in [0.29, 0.717) is 0 Å². The second kappa shape index (κ2) is 5.17. The van der Waals surface area contributed by atoms with Crippen LogP contribution in [0.25, 0.3) is 11.0 Å². The zero-order valence-electron chi connectivity index (χ0n) is 14.0. The Hall–Kier alpha value is -1.28. The Morgan fingerprint density at radius 3 is 2.48 bits per heavy atom. The van der Waals surface area contributed by atoms with Gasteiger partial charge in [-0.05, 0) is 49.3 Å². The fourth-order valence-corrected chi connectivity index (χ4v) is 3.20. The minimum atomic E-state index is 0.110. The normalized spacial score (nSPS) is 15.9. The Labute approximate surface area is 127 Å². The largest absolute Gasteiger partial charge is 0.459 e. The number of hydrogen-bond acceptors (Lipinski definition) is 2. The monoisotopic (exact) mass is 285 g/mol. The van der Waals surface area contributed by atoms with Crippen LogP contribution in [-0.4, -0.2) is 7.05 Å². The SMILES string of the molecule is CCc1cc(C(C)(C)C)c2oc(CNC)c(C3CC3)c2c1. The van der Waals surface area contributed by atoms with Crippen molar-refractivity contribution in [2.75, 3.05) is 7.05 Å². The molecule has 2 heteroatoms. The van der Waals surface area contributed by atoms with E-state index in [9.17, 15) is 0 Å². The summed E-state index contributed by atoms with van der Waals surface area (Å²) in [5.74, 6) is 1.86. The lowest BCUT2D eigenvalue weighted by atomic mass is 9.84. The predicted octanol–water partition coefficient (Wildman–Crippen LogP) is 4.89. The molecule has 21 heavy (non-hydrogen) atoms. The highest BCUT2D eigenvalue weighted by Crippen LogP contribution is 2.48. The molecule has 2 aromatic rings. The quantitative estimate of drug-likeness (QED) is 0.865. The third kappa shape index (κ3) is 2.62. The summed E-state index contributed by atoms with van der Waals surface area (Å²) < 4.78 is 6.34. The number of fused-ring (bicyclic) bond motifs is 1. The zero-order chi connectivity index (χ0) is 15.2. The molecule has 0 unspecified atom stereocenters. The highest BCUT2D eigenvalue weighted by Gasteiger charge is 2.32. The van der Waals surface area contributed by atoms with Gasteiger partial charge in [-0.2, -0.15) is 0 Å². The van der Waals surface area contributed by atoms with Crippen LogP contribution in [0.5, 0.6) is 0 Å². The van der Waals surface area contributed by atoms with E-state index >= 15 is 0 Å². The number of nitrogens with one attached hydrogen (secondary N) is 1. The van der Waals surface area contributed by atoms with Gasteiger partial charge in [0.05, 0.1) is 6.54 Å². The van der Waals surface area contributed by atoms with Gasteiger partial charge in [-0.3, -0.25) is 0 Å². The summed E-state index contributed by atoms with van der Waals surface area (Å²) in [6.45, 7) is 9.89. The van der Waals surface area contributed by atoms with Crippen LogP contribution in [0.4, 0.5) is 0 Å². The molecule has 0 bridgehead atoms. The molecule has 3 rings (SSSR count).